The molecule has 5 rings (SSSR count). The van der Waals surface area contributed by atoms with Crippen molar-refractivity contribution in [2.24, 2.45) is 0 Å². The fourth-order valence-electron chi connectivity index (χ4n) is 4.26. The molecule has 1 aliphatic carbocycles. The van der Waals surface area contributed by atoms with Crippen LogP contribution in [0.4, 0.5) is 4.39 Å². The molecule has 0 radical (unpaired) electrons. The minimum absolute atomic E-state index is 0.0441. The van der Waals surface area contributed by atoms with Crippen molar-refractivity contribution in [1.82, 2.24) is 14.9 Å². The van der Waals surface area contributed by atoms with E-state index in [2.05, 4.69) is 5.32 Å². The van der Waals surface area contributed by atoms with Gasteiger partial charge in [-0.05, 0) is 56.2 Å². The van der Waals surface area contributed by atoms with Gasteiger partial charge in [0.15, 0.2) is 5.16 Å². The Kier molecular flexibility index (Phi) is 5.37. The molecule has 3 heterocycles. The maximum atomic E-state index is 14.7. The van der Waals surface area contributed by atoms with Gasteiger partial charge in [-0.2, -0.15) is 0 Å². The number of amides is 1. The van der Waals surface area contributed by atoms with Gasteiger partial charge in [-0.15, -0.1) is 11.3 Å². The zero-order chi connectivity index (χ0) is 20.7. The van der Waals surface area contributed by atoms with E-state index in [1.807, 2.05) is 0 Å². The Bertz CT molecular complexity index is 1190. The molecule has 0 spiro atoms. The van der Waals surface area contributed by atoms with Gasteiger partial charge in [0.2, 0.25) is 5.91 Å². The van der Waals surface area contributed by atoms with E-state index in [4.69, 9.17) is 4.98 Å². The van der Waals surface area contributed by atoms with Gasteiger partial charge < -0.3 is 5.32 Å². The summed E-state index contributed by atoms with van der Waals surface area (Å²) in [5.74, 6) is -0.519. The number of hydrogen-bond donors (Lipinski definition) is 1. The van der Waals surface area contributed by atoms with E-state index < -0.39 is 5.82 Å². The Hall–Kier alpha value is -2.19. The van der Waals surface area contributed by atoms with Gasteiger partial charge in [0.1, 0.15) is 10.6 Å². The molecule has 1 atom stereocenters. The second kappa shape index (κ2) is 8.15. The van der Waals surface area contributed by atoms with Crippen LogP contribution in [0.25, 0.3) is 15.9 Å². The van der Waals surface area contributed by atoms with Crippen LogP contribution in [0.2, 0.25) is 0 Å². The number of fused-ring (bicyclic) bond motifs is 3. The van der Waals surface area contributed by atoms with Crippen molar-refractivity contribution in [3.63, 3.8) is 0 Å². The minimum Gasteiger partial charge on any atom is -0.355 e. The third kappa shape index (κ3) is 3.46. The summed E-state index contributed by atoms with van der Waals surface area (Å²) >= 11 is 2.84. The maximum Gasteiger partial charge on any atom is 0.267 e. The van der Waals surface area contributed by atoms with Crippen LogP contribution < -0.4 is 10.9 Å². The first-order valence-corrected chi connectivity index (χ1v) is 12.1. The Morgan fingerprint density at radius 1 is 1.13 bits per heavy atom. The number of thiophene rings is 1. The second-order valence-electron chi connectivity index (χ2n) is 7.77. The number of hydrogen-bond acceptors (Lipinski definition) is 5. The highest BCUT2D eigenvalue weighted by molar-refractivity contribution is 8.00. The van der Waals surface area contributed by atoms with Crippen LogP contribution in [-0.2, 0) is 17.6 Å². The number of nitrogens with one attached hydrogen (secondary N) is 1. The first-order valence-electron chi connectivity index (χ1n) is 10.4. The summed E-state index contributed by atoms with van der Waals surface area (Å²) in [4.78, 5) is 32.9. The number of halogens is 1. The lowest BCUT2D eigenvalue weighted by molar-refractivity contribution is -0.120. The number of aryl methyl sites for hydroxylation is 2. The normalized spacial score (nSPS) is 19.4. The van der Waals surface area contributed by atoms with Gasteiger partial charge in [0, 0.05) is 11.4 Å². The lowest BCUT2D eigenvalue weighted by Crippen LogP contribution is -2.32. The van der Waals surface area contributed by atoms with E-state index in [9.17, 15) is 14.0 Å². The molecule has 1 amide bonds. The van der Waals surface area contributed by atoms with E-state index >= 15 is 0 Å². The molecule has 1 aromatic carbocycles. The molecule has 3 aromatic rings. The van der Waals surface area contributed by atoms with Crippen LogP contribution in [0.3, 0.4) is 0 Å². The average Bonchev–Trinajstić information content (AvgIpc) is 3.00. The number of aromatic nitrogens is 2. The summed E-state index contributed by atoms with van der Waals surface area (Å²) in [5.41, 5.74) is 1.03. The van der Waals surface area contributed by atoms with Crippen LogP contribution in [0.5, 0.6) is 0 Å². The fourth-order valence-corrected chi connectivity index (χ4v) is 6.73. The Labute approximate surface area is 181 Å². The SMILES string of the molecule is O=C1NCCCCC1Sc1nc2sc3c(c2c(=O)n1-c1ccccc1F)CCCC3. The van der Waals surface area contributed by atoms with E-state index in [-0.39, 0.29) is 22.4 Å². The molecule has 1 fully saturated rings. The molecular formula is C22H22FN3O2S2. The van der Waals surface area contributed by atoms with E-state index in [0.717, 1.165) is 44.1 Å². The number of carbonyl (C=O) groups excluding carboxylic acids is 1. The topological polar surface area (TPSA) is 64.0 Å². The molecule has 1 saturated heterocycles. The van der Waals surface area contributed by atoms with Crippen LogP contribution in [0, 0.1) is 5.82 Å². The molecule has 2 aromatic heterocycles. The molecule has 5 nitrogen and oxygen atoms in total. The van der Waals surface area contributed by atoms with Crippen molar-refractivity contribution in [1.29, 1.82) is 0 Å². The van der Waals surface area contributed by atoms with Crippen molar-refractivity contribution in [2.75, 3.05) is 6.54 Å². The third-order valence-corrected chi connectivity index (χ3v) is 8.19. The zero-order valence-electron chi connectivity index (χ0n) is 16.4. The Balaban J connectivity index is 1.72. The fraction of sp³-hybridized carbons (Fsp3) is 0.409. The largest absolute Gasteiger partial charge is 0.355 e. The summed E-state index contributed by atoms with van der Waals surface area (Å²) in [7, 11) is 0. The number of benzene rings is 1. The molecule has 30 heavy (non-hydrogen) atoms. The van der Waals surface area contributed by atoms with Gasteiger partial charge in [-0.1, -0.05) is 30.3 Å². The molecular weight excluding hydrogens is 421 g/mol. The van der Waals surface area contributed by atoms with E-state index in [0.29, 0.717) is 28.3 Å². The number of thioether (sulfide) groups is 1. The standard InChI is InChI=1S/C22H22FN3O2S2/c23-14-8-2-3-9-15(14)26-21(28)18-13-7-1-4-10-16(13)29-20(18)25-22(26)30-17-11-5-6-12-24-19(17)27/h2-3,8-9,17H,1,4-7,10-12H2,(H,24,27). The predicted molar refractivity (Wildman–Crippen MR) is 118 cm³/mol. The third-order valence-electron chi connectivity index (χ3n) is 5.78. The number of nitrogens with zero attached hydrogens (tertiary/aromatic N) is 2. The molecule has 0 saturated carbocycles. The van der Waals surface area contributed by atoms with E-state index in [1.54, 1.807) is 29.5 Å². The smallest absolute Gasteiger partial charge is 0.267 e. The molecule has 2 aliphatic rings. The van der Waals surface area contributed by atoms with Gasteiger partial charge in [-0.25, -0.2) is 9.37 Å². The molecule has 156 valence electrons. The second-order valence-corrected chi connectivity index (χ2v) is 10.0. The van der Waals surface area contributed by atoms with Crippen LogP contribution in [0.15, 0.2) is 34.2 Å². The zero-order valence-corrected chi connectivity index (χ0v) is 18.1. The van der Waals surface area contributed by atoms with Gasteiger partial charge in [0.25, 0.3) is 5.56 Å². The summed E-state index contributed by atoms with van der Waals surface area (Å²) < 4.78 is 16.1. The van der Waals surface area contributed by atoms with Gasteiger partial charge in [0.05, 0.1) is 16.3 Å². The van der Waals surface area contributed by atoms with Crippen LogP contribution in [-0.4, -0.2) is 27.3 Å². The Morgan fingerprint density at radius 3 is 2.83 bits per heavy atom. The summed E-state index contributed by atoms with van der Waals surface area (Å²) in [6.45, 7) is 0.667. The minimum atomic E-state index is -0.475. The molecule has 1 N–H and O–H groups in total. The van der Waals surface area contributed by atoms with Crippen molar-refractivity contribution in [2.45, 2.75) is 55.4 Å². The first-order chi connectivity index (χ1) is 14.6. The molecule has 1 aliphatic heterocycles. The number of carbonyl (C=O) groups is 1. The number of rotatable bonds is 3. The lowest BCUT2D eigenvalue weighted by atomic mass is 9.97. The first kappa shape index (κ1) is 19.8. The average molecular weight is 444 g/mol. The lowest BCUT2D eigenvalue weighted by Gasteiger charge is -2.17. The van der Waals surface area contributed by atoms with Crippen molar-refractivity contribution >= 4 is 39.2 Å². The highest BCUT2D eigenvalue weighted by atomic mass is 32.2. The molecule has 1 unspecified atom stereocenters. The predicted octanol–water partition coefficient (Wildman–Crippen LogP) is 4.23. The maximum absolute atomic E-state index is 14.7. The Morgan fingerprint density at radius 2 is 1.97 bits per heavy atom. The van der Waals surface area contributed by atoms with Crippen molar-refractivity contribution < 1.29 is 9.18 Å². The quantitative estimate of drug-likeness (QED) is 0.616. The summed E-state index contributed by atoms with van der Waals surface area (Å²) in [6.07, 6.45) is 6.57. The van der Waals surface area contributed by atoms with Gasteiger partial charge in [-0.3, -0.25) is 14.2 Å². The molecule has 8 heteroatoms. The van der Waals surface area contributed by atoms with Crippen molar-refractivity contribution in [3.05, 3.63) is 50.9 Å². The molecule has 0 bridgehead atoms. The number of para-hydroxylation sites is 1. The highest BCUT2D eigenvalue weighted by Gasteiger charge is 2.28. The van der Waals surface area contributed by atoms with Gasteiger partial charge >= 0.3 is 0 Å². The van der Waals surface area contributed by atoms with Crippen LogP contribution >= 0.6 is 23.1 Å². The summed E-state index contributed by atoms with van der Waals surface area (Å²) in [6, 6.07) is 6.26. The van der Waals surface area contributed by atoms with E-state index in [1.165, 1.54) is 27.3 Å². The van der Waals surface area contributed by atoms with Crippen molar-refractivity contribution in [3.8, 4) is 5.69 Å². The summed E-state index contributed by atoms with van der Waals surface area (Å²) in [5, 5.41) is 3.59. The van der Waals surface area contributed by atoms with Crippen LogP contribution in [0.1, 0.15) is 42.5 Å². The highest BCUT2D eigenvalue weighted by Crippen LogP contribution is 2.36. The monoisotopic (exact) mass is 443 g/mol.